The first-order valence-corrected chi connectivity index (χ1v) is 4.23. The van der Waals surface area contributed by atoms with Crippen LogP contribution in [0.15, 0.2) is 24.9 Å². The Morgan fingerprint density at radius 1 is 1.62 bits per heavy atom. The number of amides is 1. The van der Waals surface area contributed by atoms with E-state index in [9.17, 15) is 4.79 Å². The summed E-state index contributed by atoms with van der Waals surface area (Å²) in [4.78, 5) is 13.0. The molecule has 4 heteroatoms. The van der Waals surface area contributed by atoms with Crippen LogP contribution in [0.2, 0.25) is 0 Å². The van der Waals surface area contributed by atoms with Gasteiger partial charge in [0, 0.05) is 12.7 Å². The third-order valence-electron chi connectivity index (χ3n) is 2.23. The van der Waals surface area contributed by atoms with Crippen molar-refractivity contribution < 1.29 is 4.79 Å². The monoisotopic (exact) mass is 177 g/mol. The average molecular weight is 177 g/mol. The Kier molecular flexibility index (Phi) is 1.88. The van der Waals surface area contributed by atoms with Crippen LogP contribution >= 0.6 is 0 Å². The van der Waals surface area contributed by atoms with Gasteiger partial charge in [-0.15, -0.1) is 0 Å². The third kappa shape index (κ3) is 1.35. The summed E-state index contributed by atoms with van der Waals surface area (Å²) >= 11 is 0. The molecular weight excluding hydrogens is 166 g/mol. The van der Waals surface area contributed by atoms with Gasteiger partial charge in [-0.2, -0.15) is 5.10 Å². The molecule has 1 amide bonds. The van der Waals surface area contributed by atoms with Crippen molar-refractivity contribution in [2.24, 2.45) is 0 Å². The first-order valence-electron chi connectivity index (χ1n) is 4.23. The molecule has 0 unspecified atom stereocenters. The summed E-state index contributed by atoms with van der Waals surface area (Å²) in [6.45, 7) is 5.61. The Hall–Kier alpha value is -1.58. The summed E-state index contributed by atoms with van der Waals surface area (Å²) in [6, 6.07) is 1.93. The first-order chi connectivity index (χ1) is 6.31. The molecule has 2 rings (SSSR count). The van der Waals surface area contributed by atoms with Crippen molar-refractivity contribution in [1.29, 1.82) is 0 Å². The zero-order valence-corrected chi connectivity index (χ0v) is 7.31. The van der Waals surface area contributed by atoms with E-state index in [1.54, 1.807) is 11.1 Å². The van der Waals surface area contributed by atoms with Crippen LogP contribution in [0.5, 0.6) is 0 Å². The summed E-state index contributed by atoms with van der Waals surface area (Å²) in [5, 5.41) is 4.13. The van der Waals surface area contributed by atoms with E-state index in [4.69, 9.17) is 0 Å². The van der Waals surface area contributed by atoms with E-state index in [0.717, 1.165) is 18.8 Å². The van der Waals surface area contributed by atoms with Crippen molar-refractivity contribution in [3.05, 3.63) is 30.6 Å². The second-order valence-corrected chi connectivity index (χ2v) is 3.01. The lowest BCUT2D eigenvalue weighted by Gasteiger charge is -2.26. The minimum Gasteiger partial charge on any atom is -0.331 e. The zero-order valence-electron chi connectivity index (χ0n) is 7.31. The number of aromatic nitrogens is 2. The number of fused-ring (bicyclic) bond motifs is 1. The van der Waals surface area contributed by atoms with Crippen molar-refractivity contribution in [1.82, 2.24) is 14.7 Å². The van der Waals surface area contributed by atoms with Crippen molar-refractivity contribution in [3.8, 4) is 0 Å². The van der Waals surface area contributed by atoms with E-state index >= 15 is 0 Å². The van der Waals surface area contributed by atoms with Gasteiger partial charge < -0.3 is 4.90 Å². The SMILES string of the molecule is C=CC(=O)N1CCn2nccc2C1. The summed E-state index contributed by atoms with van der Waals surface area (Å²) < 4.78 is 1.92. The fourth-order valence-corrected chi connectivity index (χ4v) is 1.50. The summed E-state index contributed by atoms with van der Waals surface area (Å²) in [5.74, 6) is -0.00699. The number of carbonyl (C=O) groups is 1. The molecule has 68 valence electrons. The molecule has 4 nitrogen and oxygen atoms in total. The Morgan fingerprint density at radius 3 is 3.23 bits per heavy atom. The molecule has 0 atom stereocenters. The van der Waals surface area contributed by atoms with Crippen molar-refractivity contribution in [2.45, 2.75) is 13.1 Å². The highest BCUT2D eigenvalue weighted by Crippen LogP contribution is 2.10. The summed E-state index contributed by atoms with van der Waals surface area (Å²) in [5.41, 5.74) is 1.08. The van der Waals surface area contributed by atoms with E-state index < -0.39 is 0 Å². The lowest BCUT2D eigenvalue weighted by atomic mass is 10.3. The average Bonchev–Trinajstić information content (AvgIpc) is 2.63. The van der Waals surface area contributed by atoms with E-state index in [1.807, 2.05) is 10.7 Å². The molecule has 0 radical (unpaired) electrons. The van der Waals surface area contributed by atoms with E-state index in [2.05, 4.69) is 11.7 Å². The molecule has 0 aromatic carbocycles. The highest BCUT2D eigenvalue weighted by atomic mass is 16.2. The van der Waals surface area contributed by atoms with Gasteiger partial charge in [-0.3, -0.25) is 9.48 Å². The Morgan fingerprint density at radius 2 is 2.46 bits per heavy atom. The van der Waals surface area contributed by atoms with Crippen LogP contribution in [0, 0.1) is 0 Å². The van der Waals surface area contributed by atoms with Gasteiger partial charge in [0.05, 0.1) is 18.8 Å². The molecule has 0 bridgehead atoms. The number of hydrogen-bond acceptors (Lipinski definition) is 2. The summed E-state index contributed by atoms with van der Waals surface area (Å²) in [6.07, 6.45) is 3.11. The molecule has 0 spiro atoms. The quantitative estimate of drug-likeness (QED) is 0.583. The van der Waals surface area contributed by atoms with Gasteiger partial charge in [0.2, 0.25) is 5.91 Å². The number of nitrogens with zero attached hydrogens (tertiary/aromatic N) is 3. The molecule has 13 heavy (non-hydrogen) atoms. The van der Waals surface area contributed by atoms with Gasteiger partial charge in [-0.25, -0.2) is 0 Å². The molecular formula is C9H11N3O. The van der Waals surface area contributed by atoms with Gasteiger partial charge in [-0.05, 0) is 12.1 Å². The van der Waals surface area contributed by atoms with Crippen LogP contribution in [-0.4, -0.2) is 27.1 Å². The predicted octanol–water partition coefficient (Wildman–Crippen LogP) is 0.411. The maximum atomic E-state index is 11.3. The maximum absolute atomic E-state index is 11.3. The first kappa shape index (κ1) is 8.04. The topological polar surface area (TPSA) is 38.1 Å². The smallest absolute Gasteiger partial charge is 0.246 e. The second kappa shape index (κ2) is 3.05. The minimum absolute atomic E-state index is 0.00699. The predicted molar refractivity (Wildman–Crippen MR) is 47.8 cm³/mol. The van der Waals surface area contributed by atoms with Crippen molar-refractivity contribution >= 4 is 5.91 Å². The van der Waals surface area contributed by atoms with E-state index in [-0.39, 0.29) is 5.91 Å². The fraction of sp³-hybridized carbons (Fsp3) is 0.333. The Balaban J connectivity index is 2.17. The highest BCUT2D eigenvalue weighted by molar-refractivity contribution is 5.86. The van der Waals surface area contributed by atoms with Crippen LogP contribution in [0.1, 0.15) is 5.69 Å². The van der Waals surface area contributed by atoms with Crippen LogP contribution in [0.3, 0.4) is 0 Å². The molecule has 0 aliphatic carbocycles. The van der Waals surface area contributed by atoms with Crippen LogP contribution in [0.4, 0.5) is 0 Å². The van der Waals surface area contributed by atoms with Crippen LogP contribution in [-0.2, 0) is 17.9 Å². The van der Waals surface area contributed by atoms with Gasteiger partial charge in [0.25, 0.3) is 0 Å². The molecule has 2 heterocycles. The van der Waals surface area contributed by atoms with Crippen LogP contribution < -0.4 is 0 Å². The Bertz CT molecular complexity index is 342. The number of carbonyl (C=O) groups excluding carboxylic acids is 1. The number of rotatable bonds is 1. The molecule has 1 aromatic rings. The molecule has 0 fully saturated rings. The van der Waals surface area contributed by atoms with E-state index in [0.29, 0.717) is 6.54 Å². The Labute approximate surface area is 76.5 Å². The van der Waals surface area contributed by atoms with Crippen molar-refractivity contribution in [3.63, 3.8) is 0 Å². The lowest BCUT2D eigenvalue weighted by Crippen LogP contribution is -2.37. The van der Waals surface area contributed by atoms with Gasteiger partial charge in [0.1, 0.15) is 0 Å². The molecule has 0 N–H and O–H groups in total. The molecule has 0 saturated heterocycles. The molecule has 0 saturated carbocycles. The molecule has 1 aromatic heterocycles. The van der Waals surface area contributed by atoms with Gasteiger partial charge >= 0.3 is 0 Å². The fourth-order valence-electron chi connectivity index (χ4n) is 1.50. The third-order valence-corrected chi connectivity index (χ3v) is 2.23. The summed E-state index contributed by atoms with van der Waals surface area (Å²) in [7, 11) is 0. The van der Waals surface area contributed by atoms with Crippen LogP contribution in [0.25, 0.3) is 0 Å². The van der Waals surface area contributed by atoms with Crippen molar-refractivity contribution in [2.75, 3.05) is 6.54 Å². The largest absolute Gasteiger partial charge is 0.331 e. The molecule has 1 aliphatic rings. The maximum Gasteiger partial charge on any atom is 0.246 e. The standard InChI is InChI=1S/C9H11N3O/c1-2-9(13)11-5-6-12-8(7-11)3-4-10-12/h2-4H,1,5-7H2. The number of hydrogen-bond donors (Lipinski definition) is 0. The second-order valence-electron chi connectivity index (χ2n) is 3.01. The van der Waals surface area contributed by atoms with Gasteiger partial charge in [-0.1, -0.05) is 6.58 Å². The minimum atomic E-state index is -0.00699. The lowest BCUT2D eigenvalue weighted by molar-refractivity contribution is -0.127. The molecule has 1 aliphatic heterocycles. The van der Waals surface area contributed by atoms with Gasteiger partial charge in [0.15, 0.2) is 0 Å². The normalized spacial score (nSPS) is 15.2. The highest BCUT2D eigenvalue weighted by Gasteiger charge is 2.18. The zero-order chi connectivity index (χ0) is 9.26. The van der Waals surface area contributed by atoms with E-state index in [1.165, 1.54) is 6.08 Å².